The first-order valence-electron chi connectivity index (χ1n) is 11.0. The number of aromatic nitrogens is 2. The van der Waals surface area contributed by atoms with Gasteiger partial charge in [-0.25, -0.2) is 9.78 Å². The number of nitrogens with one attached hydrogen (secondary N) is 1. The Morgan fingerprint density at radius 2 is 1.97 bits per heavy atom. The van der Waals surface area contributed by atoms with Crippen molar-refractivity contribution in [2.24, 2.45) is 0 Å². The lowest BCUT2D eigenvalue weighted by atomic mass is 10.1. The number of carbonyl (C=O) groups excluding carboxylic acids is 2. The van der Waals surface area contributed by atoms with Crippen LogP contribution in [-0.4, -0.2) is 35.1 Å². The van der Waals surface area contributed by atoms with E-state index in [1.54, 1.807) is 12.5 Å². The summed E-state index contributed by atoms with van der Waals surface area (Å²) < 4.78 is 12.5. The molecule has 35 heavy (non-hydrogen) atoms. The van der Waals surface area contributed by atoms with Crippen LogP contribution in [0.3, 0.4) is 0 Å². The van der Waals surface area contributed by atoms with Crippen LogP contribution in [0.25, 0.3) is 6.08 Å². The zero-order chi connectivity index (χ0) is 25.4. The molecule has 8 nitrogen and oxygen atoms in total. The highest BCUT2D eigenvalue weighted by atomic mass is 32.1. The maximum Gasteiger partial charge on any atom is 0.349 e. The fourth-order valence-corrected chi connectivity index (χ4v) is 4.26. The molecule has 2 heterocycles. The fourth-order valence-electron chi connectivity index (χ4n) is 3.49. The normalized spacial score (nSPS) is 11.2. The fraction of sp³-hybridized carbons (Fsp3) is 0.308. The molecule has 0 radical (unpaired) electrons. The second-order valence-electron chi connectivity index (χ2n) is 8.04. The Morgan fingerprint density at radius 1 is 1.23 bits per heavy atom. The second kappa shape index (κ2) is 12.1. The van der Waals surface area contributed by atoms with Crippen LogP contribution in [0.4, 0.5) is 5.69 Å². The summed E-state index contributed by atoms with van der Waals surface area (Å²) in [5.74, 6) is -0.898. The third kappa shape index (κ3) is 7.12. The van der Waals surface area contributed by atoms with E-state index >= 15 is 0 Å². The standard InChI is InChI=1S/C26H28N4O4S/c1-17-5-7-22(8-6-17)28-24(31)13-25-29-23(16-35-25)15-34-26(32)21(14-27)12-20-11-18(2)30(19(20)3)9-10-33-4/h5-8,11-12,16H,9-10,13,15H2,1-4H3,(H,28,31)/b21-12+. The van der Waals surface area contributed by atoms with Gasteiger partial charge in [0.05, 0.1) is 18.7 Å². The van der Waals surface area contributed by atoms with E-state index in [-0.39, 0.29) is 24.5 Å². The summed E-state index contributed by atoms with van der Waals surface area (Å²) in [5.41, 5.74) is 5.00. The van der Waals surface area contributed by atoms with E-state index < -0.39 is 5.97 Å². The highest BCUT2D eigenvalue weighted by molar-refractivity contribution is 7.09. The van der Waals surface area contributed by atoms with Gasteiger partial charge in [-0.15, -0.1) is 11.3 Å². The zero-order valence-electron chi connectivity index (χ0n) is 20.3. The second-order valence-corrected chi connectivity index (χ2v) is 8.98. The number of nitrogens with zero attached hydrogens (tertiary/aromatic N) is 3. The first-order chi connectivity index (χ1) is 16.8. The van der Waals surface area contributed by atoms with Gasteiger partial charge in [-0.05, 0) is 50.6 Å². The maximum absolute atomic E-state index is 12.5. The molecular formula is C26H28N4O4S. The van der Waals surface area contributed by atoms with Crippen LogP contribution in [-0.2, 0) is 38.6 Å². The molecule has 0 aliphatic carbocycles. The predicted octanol–water partition coefficient (Wildman–Crippen LogP) is 4.35. The molecule has 0 saturated carbocycles. The zero-order valence-corrected chi connectivity index (χ0v) is 21.1. The lowest BCUT2D eigenvalue weighted by Crippen LogP contribution is -2.14. The number of methoxy groups -OCH3 is 1. The van der Waals surface area contributed by atoms with Crippen molar-refractivity contribution in [3.63, 3.8) is 0 Å². The highest BCUT2D eigenvalue weighted by Crippen LogP contribution is 2.19. The van der Waals surface area contributed by atoms with E-state index in [1.807, 2.05) is 57.2 Å². The number of rotatable bonds is 10. The van der Waals surface area contributed by atoms with E-state index in [2.05, 4.69) is 14.9 Å². The predicted molar refractivity (Wildman–Crippen MR) is 135 cm³/mol. The molecule has 0 aliphatic heterocycles. The minimum absolute atomic E-state index is 0.0825. The molecule has 0 atom stereocenters. The van der Waals surface area contributed by atoms with Gasteiger partial charge in [-0.2, -0.15) is 5.26 Å². The van der Waals surface area contributed by atoms with Gasteiger partial charge in [0.25, 0.3) is 0 Å². The first-order valence-corrected chi connectivity index (χ1v) is 11.9. The van der Waals surface area contributed by atoms with E-state index in [0.717, 1.165) is 28.2 Å². The van der Waals surface area contributed by atoms with Crippen LogP contribution < -0.4 is 5.32 Å². The van der Waals surface area contributed by atoms with Crippen molar-refractivity contribution in [1.82, 2.24) is 9.55 Å². The molecule has 0 aliphatic rings. The smallest absolute Gasteiger partial charge is 0.349 e. The number of ether oxygens (including phenoxy) is 2. The molecule has 2 aromatic heterocycles. The van der Waals surface area contributed by atoms with Crippen molar-refractivity contribution in [3.8, 4) is 6.07 Å². The number of hydrogen-bond donors (Lipinski definition) is 1. The van der Waals surface area contributed by atoms with Crippen molar-refractivity contribution in [2.75, 3.05) is 19.0 Å². The Labute approximate surface area is 208 Å². The number of esters is 1. The van der Waals surface area contributed by atoms with E-state index in [0.29, 0.717) is 23.9 Å². The lowest BCUT2D eigenvalue weighted by molar-refractivity contribution is -0.139. The van der Waals surface area contributed by atoms with E-state index in [9.17, 15) is 14.9 Å². The van der Waals surface area contributed by atoms with Gasteiger partial charge in [0.15, 0.2) is 0 Å². The summed E-state index contributed by atoms with van der Waals surface area (Å²) in [4.78, 5) is 29.2. The van der Waals surface area contributed by atoms with Crippen LogP contribution >= 0.6 is 11.3 Å². The van der Waals surface area contributed by atoms with E-state index in [1.165, 1.54) is 17.4 Å². The monoisotopic (exact) mass is 492 g/mol. The average molecular weight is 493 g/mol. The molecule has 1 N–H and O–H groups in total. The minimum atomic E-state index is -0.721. The lowest BCUT2D eigenvalue weighted by Gasteiger charge is -2.08. The van der Waals surface area contributed by atoms with Crippen molar-refractivity contribution in [1.29, 1.82) is 5.26 Å². The summed E-state index contributed by atoms with van der Waals surface area (Å²) in [6.45, 7) is 7.04. The summed E-state index contributed by atoms with van der Waals surface area (Å²) >= 11 is 1.32. The Morgan fingerprint density at radius 3 is 2.66 bits per heavy atom. The van der Waals surface area contributed by atoms with Crippen molar-refractivity contribution < 1.29 is 19.1 Å². The topological polar surface area (TPSA) is 106 Å². The molecular weight excluding hydrogens is 464 g/mol. The average Bonchev–Trinajstić information content (AvgIpc) is 3.39. The summed E-state index contributed by atoms with van der Waals surface area (Å²) in [6, 6.07) is 11.4. The molecule has 9 heteroatoms. The van der Waals surface area contributed by atoms with Gasteiger partial charge in [-0.1, -0.05) is 17.7 Å². The number of anilines is 1. The molecule has 1 aromatic carbocycles. The van der Waals surface area contributed by atoms with Gasteiger partial charge >= 0.3 is 5.97 Å². The van der Waals surface area contributed by atoms with Crippen molar-refractivity contribution in [3.05, 3.63) is 74.5 Å². The number of amides is 1. The number of thiazole rings is 1. The van der Waals surface area contributed by atoms with Crippen LogP contribution in [0.5, 0.6) is 0 Å². The molecule has 3 aromatic rings. The largest absolute Gasteiger partial charge is 0.455 e. The molecule has 0 bridgehead atoms. The summed E-state index contributed by atoms with van der Waals surface area (Å²) in [7, 11) is 1.64. The number of hydrogen-bond acceptors (Lipinski definition) is 7. The van der Waals surface area contributed by atoms with Gasteiger partial charge in [0.1, 0.15) is 23.3 Å². The van der Waals surface area contributed by atoms with Crippen LogP contribution in [0.15, 0.2) is 41.3 Å². The van der Waals surface area contributed by atoms with Crippen LogP contribution in [0.2, 0.25) is 0 Å². The summed E-state index contributed by atoms with van der Waals surface area (Å²) in [5, 5.41) is 14.7. The Bertz CT molecular complexity index is 1270. The van der Waals surface area contributed by atoms with Crippen LogP contribution in [0, 0.1) is 32.1 Å². The van der Waals surface area contributed by atoms with Crippen molar-refractivity contribution in [2.45, 2.75) is 40.3 Å². The molecule has 1 amide bonds. The number of carbonyl (C=O) groups is 2. The molecule has 0 unspecified atom stereocenters. The highest BCUT2D eigenvalue weighted by Gasteiger charge is 2.15. The van der Waals surface area contributed by atoms with Gasteiger partial charge in [0.2, 0.25) is 5.91 Å². The van der Waals surface area contributed by atoms with Gasteiger partial charge < -0.3 is 19.4 Å². The van der Waals surface area contributed by atoms with E-state index in [4.69, 9.17) is 9.47 Å². The van der Waals surface area contributed by atoms with Crippen molar-refractivity contribution >= 4 is 35.0 Å². The Kier molecular flexibility index (Phi) is 8.95. The SMILES string of the molecule is COCCn1c(C)cc(/C=C(\C#N)C(=O)OCc2csc(CC(=O)Nc3ccc(C)cc3)n2)c1C. The van der Waals surface area contributed by atoms with Crippen LogP contribution in [0.1, 0.15) is 33.2 Å². The number of aryl methyl sites for hydroxylation is 2. The number of nitriles is 1. The molecule has 0 spiro atoms. The number of benzene rings is 1. The summed E-state index contributed by atoms with van der Waals surface area (Å²) in [6.07, 6.45) is 1.66. The Hall–Kier alpha value is -3.74. The minimum Gasteiger partial charge on any atom is -0.455 e. The van der Waals surface area contributed by atoms with Gasteiger partial charge in [0, 0.05) is 36.1 Å². The molecule has 0 saturated heterocycles. The molecule has 3 rings (SSSR count). The molecule has 182 valence electrons. The third-order valence-corrected chi connectivity index (χ3v) is 6.27. The third-order valence-electron chi connectivity index (χ3n) is 5.37. The van der Waals surface area contributed by atoms with Gasteiger partial charge in [-0.3, -0.25) is 4.79 Å². The Balaban J connectivity index is 1.57. The maximum atomic E-state index is 12.5. The quantitative estimate of drug-likeness (QED) is 0.256. The first kappa shape index (κ1) is 25.9. The molecule has 0 fully saturated rings.